The van der Waals surface area contributed by atoms with E-state index in [0.29, 0.717) is 16.9 Å². The van der Waals surface area contributed by atoms with E-state index in [1.165, 1.54) is 6.26 Å². The zero-order valence-electron chi connectivity index (χ0n) is 8.29. The minimum Gasteiger partial charge on any atom is -0.224 e. The zero-order chi connectivity index (χ0) is 11.3. The predicted octanol–water partition coefficient (Wildman–Crippen LogP) is 1.94. The first-order valence-electron chi connectivity index (χ1n) is 4.34. The van der Waals surface area contributed by atoms with Crippen LogP contribution in [0.3, 0.4) is 0 Å². The average molecular weight is 225 g/mol. The lowest BCUT2D eigenvalue weighted by Gasteiger charge is -2.05. The van der Waals surface area contributed by atoms with Crippen LogP contribution in [0.15, 0.2) is 34.3 Å². The third-order valence-electron chi connectivity index (χ3n) is 1.92. The summed E-state index contributed by atoms with van der Waals surface area (Å²) in [5.41, 5.74) is 8.80. The number of sulfone groups is 1. The highest BCUT2D eigenvalue weighted by Crippen LogP contribution is 2.15. The highest BCUT2D eigenvalue weighted by Gasteiger charge is 2.11. The van der Waals surface area contributed by atoms with Crippen molar-refractivity contribution in [1.82, 2.24) is 0 Å². The van der Waals surface area contributed by atoms with Crippen LogP contribution < -0.4 is 0 Å². The molecule has 15 heavy (non-hydrogen) atoms. The minimum atomic E-state index is -3.21. The van der Waals surface area contributed by atoms with Crippen molar-refractivity contribution in [3.63, 3.8) is 0 Å². The molecule has 0 N–H and O–H groups in total. The summed E-state index contributed by atoms with van der Waals surface area (Å²) in [6.07, 6.45) is 1.60. The number of hydrogen-bond acceptors (Lipinski definition) is 3. The van der Waals surface area contributed by atoms with Gasteiger partial charge in [0.05, 0.1) is 4.90 Å². The fraction of sp³-hybridized carbons (Fsp3) is 0.333. The van der Waals surface area contributed by atoms with Gasteiger partial charge in [0.2, 0.25) is 0 Å². The van der Waals surface area contributed by atoms with Crippen LogP contribution in [0.1, 0.15) is 5.56 Å². The maximum atomic E-state index is 11.4. The predicted molar refractivity (Wildman–Crippen MR) is 57.3 cm³/mol. The lowest BCUT2D eigenvalue weighted by Crippen LogP contribution is -2.03. The molecule has 0 aliphatic heterocycles. The molecule has 0 saturated carbocycles. The quantitative estimate of drug-likeness (QED) is 0.445. The molecule has 0 amide bonds. The smallest absolute Gasteiger partial charge is 0.175 e. The summed E-state index contributed by atoms with van der Waals surface area (Å²) in [6, 6.07) is 6.72. The lowest BCUT2D eigenvalue weighted by molar-refractivity contribution is 0.600. The fourth-order valence-corrected chi connectivity index (χ4v) is 2.26. The topological polar surface area (TPSA) is 82.9 Å². The van der Waals surface area contributed by atoms with E-state index in [1.807, 2.05) is 0 Å². The van der Waals surface area contributed by atoms with Crippen LogP contribution in [0.25, 0.3) is 10.4 Å². The van der Waals surface area contributed by atoms with E-state index in [9.17, 15) is 8.42 Å². The first-order valence-corrected chi connectivity index (χ1v) is 6.23. The normalized spacial score (nSPS) is 10.7. The van der Waals surface area contributed by atoms with Gasteiger partial charge in [-0.25, -0.2) is 8.42 Å². The van der Waals surface area contributed by atoms with Gasteiger partial charge in [0, 0.05) is 17.7 Å². The van der Waals surface area contributed by atoms with Crippen molar-refractivity contribution in [1.29, 1.82) is 0 Å². The third-order valence-corrected chi connectivity index (χ3v) is 3.11. The van der Waals surface area contributed by atoms with E-state index in [-0.39, 0.29) is 6.54 Å². The second-order valence-electron chi connectivity index (χ2n) is 3.08. The molecule has 0 radical (unpaired) electrons. The molecule has 5 nitrogen and oxygen atoms in total. The second kappa shape index (κ2) is 4.82. The Labute approximate surface area is 88.3 Å². The Morgan fingerprint density at radius 2 is 2.07 bits per heavy atom. The van der Waals surface area contributed by atoms with Gasteiger partial charge >= 0.3 is 0 Å². The van der Waals surface area contributed by atoms with E-state index in [1.54, 1.807) is 24.3 Å². The molecular weight excluding hydrogens is 214 g/mol. The molecule has 0 aliphatic carbocycles. The van der Waals surface area contributed by atoms with Gasteiger partial charge in [-0.3, -0.25) is 0 Å². The number of azide groups is 1. The van der Waals surface area contributed by atoms with Gasteiger partial charge in [-0.15, -0.1) is 0 Å². The molecule has 80 valence electrons. The molecule has 0 atom stereocenters. The first-order chi connectivity index (χ1) is 7.05. The van der Waals surface area contributed by atoms with Crippen molar-refractivity contribution in [2.45, 2.75) is 11.3 Å². The summed E-state index contributed by atoms with van der Waals surface area (Å²) in [4.78, 5) is 2.92. The van der Waals surface area contributed by atoms with Crippen molar-refractivity contribution in [2.75, 3.05) is 12.8 Å². The maximum absolute atomic E-state index is 11.4. The maximum Gasteiger partial charge on any atom is 0.175 e. The third kappa shape index (κ3) is 3.27. The molecule has 1 aromatic rings. The van der Waals surface area contributed by atoms with Crippen LogP contribution >= 0.6 is 0 Å². The molecule has 0 saturated heterocycles. The summed E-state index contributed by atoms with van der Waals surface area (Å²) in [5.74, 6) is 0. The van der Waals surface area contributed by atoms with E-state index in [0.717, 1.165) is 0 Å². The standard InChI is InChI=1S/C9H11N3O2S/c1-15(13,14)9-5-3-2-4-8(9)6-7-11-12-10/h2-5H,6-7H2,1H3. The molecule has 0 aliphatic rings. The molecule has 6 heteroatoms. The molecule has 0 fully saturated rings. The van der Waals surface area contributed by atoms with Crippen molar-refractivity contribution in [3.8, 4) is 0 Å². The van der Waals surface area contributed by atoms with E-state index >= 15 is 0 Å². The molecule has 0 unspecified atom stereocenters. The minimum absolute atomic E-state index is 0.267. The van der Waals surface area contributed by atoms with Gasteiger partial charge in [-0.1, -0.05) is 23.3 Å². The van der Waals surface area contributed by atoms with Crippen LogP contribution in [0.4, 0.5) is 0 Å². The van der Waals surface area contributed by atoms with Gasteiger partial charge < -0.3 is 0 Å². The van der Waals surface area contributed by atoms with Crippen molar-refractivity contribution >= 4 is 9.84 Å². The van der Waals surface area contributed by atoms with Crippen LogP contribution in [0.5, 0.6) is 0 Å². The average Bonchev–Trinajstić information content (AvgIpc) is 2.17. The largest absolute Gasteiger partial charge is 0.224 e. The molecule has 0 spiro atoms. The van der Waals surface area contributed by atoms with E-state index in [2.05, 4.69) is 10.0 Å². The number of nitrogens with zero attached hydrogens (tertiary/aromatic N) is 3. The molecule has 1 aromatic carbocycles. The lowest BCUT2D eigenvalue weighted by atomic mass is 10.1. The van der Waals surface area contributed by atoms with Crippen molar-refractivity contribution in [3.05, 3.63) is 40.3 Å². The summed E-state index contributed by atoms with van der Waals surface area (Å²) >= 11 is 0. The van der Waals surface area contributed by atoms with Crippen molar-refractivity contribution in [2.24, 2.45) is 5.11 Å². The number of benzene rings is 1. The Balaban J connectivity index is 3.02. The Morgan fingerprint density at radius 3 is 2.67 bits per heavy atom. The molecule has 1 rings (SSSR count). The van der Waals surface area contributed by atoms with Gasteiger partial charge in [0.15, 0.2) is 9.84 Å². The number of hydrogen-bond donors (Lipinski definition) is 0. The SMILES string of the molecule is CS(=O)(=O)c1ccccc1CCN=[N+]=[N-]. The highest BCUT2D eigenvalue weighted by atomic mass is 32.2. The van der Waals surface area contributed by atoms with Crippen LogP contribution in [0.2, 0.25) is 0 Å². The van der Waals surface area contributed by atoms with E-state index < -0.39 is 9.84 Å². The van der Waals surface area contributed by atoms with E-state index in [4.69, 9.17) is 5.53 Å². The highest BCUT2D eigenvalue weighted by molar-refractivity contribution is 7.90. The molecule has 0 aromatic heterocycles. The van der Waals surface area contributed by atoms with Crippen LogP contribution in [0, 0.1) is 0 Å². The van der Waals surface area contributed by atoms with Gasteiger partial charge in [0.25, 0.3) is 0 Å². The monoisotopic (exact) mass is 225 g/mol. The second-order valence-corrected chi connectivity index (χ2v) is 5.07. The molecule has 0 heterocycles. The summed E-state index contributed by atoms with van der Waals surface area (Å²) in [5, 5.41) is 3.38. The Hall–Kier alpha value is -1.52. The summed E-state index contributed by atoms with van der Waals surface area (Å²) in [7, 11) is -3.21. The molecular formula is C9H11N3O2S. The van der Waals surface area contributed by atoms with Gasteiger partial charge in [0.1, 0.15) is 0 Å². The summed E-state index contributed by atoms with van der Waals surface area (Å²) < 4.78 is 22.8. The number of rotatable bonds is 4. The first kappa shape index (κ1) is 11.6. The van der Waals surface area contributed by atoms with Crippen LogP contribution in [-0.4, -0.2) is 21.2 Å². The molecule has 0 bridgehead atoms. The summed E-state index contributed by atoms with van der Waals surface area (Å²) in [6.45, 7) is 0.267. The van der Waals surface area contributed by atoms with Gasteiger partial charge in [-0.2, -0.15) is 0 Å². The Bertz CT molecular complexity index is 490. The zero-order valence-corrected chi connectivity index (χ0v) is 9.11. The fourth-order valence-electron chi connectivity index (χ4n) is 1.29. The Morgan fingerprint density at radius 1 is 1.40 bits per heavy atom. The van der Waals surface area contributed by atoms with Crippen molar-refractivity contribution < 1.29 is 8.42 Å². The van der Waals surface area contributed by atoms with Crippen LogP contribution in [-0.2, 0) is 16.3 Å². The van der Waals surface area contributed by atoms with Gasteiger partial charge in [-0.05, 0) is 23.6 Å². The Kier molecular flexibility index (Phi) is 3.71.